The van der Waals surface area contributed by atoms with Gasteiger partial charge in [-0.2, -0.15) is 0 Å². The molecule has 164 valence electrons. The summed E-state index contributed by atoms with van der Waals surface area (Å²) in [6.07, 6.45) is 11.0. The molecule has 1 atom stereocenters. The van der Waals surface area contributed by atoms with Gasteiger partial charge in [0.25, 0.3) is 0 Å². The summed E-state index contributed by atoms with van der Waals surface area (Å²) in [5.74, 6) is 3.40. The molecule has 3 fully saturated rings. The predicted molar refractivity (Wildman–Crippen MR) is 119 cm³/mol. The van der Waals surface area contributed by atoms with Crippen molar-refractivity contribution in [2.45, 2.75) is 83.7 Å². The summed E-state index contributed by atoms with van der Waals surface area (Å²) in [4.78, 5) is 29.3. The number of nitrogens with zero attached hydrogens (tertiary/aromatic N) is 5. The van der Waals surface area contributed by atoms with Crippen LogP contribution in [-0.4, -0.2) is 64.4 Å². The van der Waals surface area contributed by atoms with Gasteiger partial charge in [0.05, 0.1) is 6.04 Å². The Kier molecular flexibility index (Phi) is 5.69. The molecule has 3 aliphatic heterocycles. The van der Waals surface area contributed by atoms with E-state index in [0.717, 1.165) is 63.6 Å². The van der Waals surface area contributed by atoms with Gasteiger partial charge in [-0.05, 0) is 70.8 Å². The van der Waals surface area contributed by atoms with E-state index >= 15 is 0 Å². The quantitative estimate of drug-likeness (QED) is 0.759. The zero-order valence-corrected chi connectivity index (χ0v) is 18.8. The molecule has 0 bridgehead atoms. The maximum absolute atomic E-state index is 11.7. The molecule has 0 spiro atoms. The number of aromatic nitrogens is 2. The van der Waals surface area contributed by atoms with Crippen LogP contribution < -0.4 is 4.90 Å². The third kappa shape index (κ3) is 4.08. The van der Waals surface area contributed by atoms with Gasteiger partial charge in [0.1, 0.15) is 11.6 Å². The molecule has 0 N–H and O–H groups in total. The van der Waals surface area contributed by atoms with Crippen molar-refractivity contribution in [2.24, 2.45) is 5.92 Å². The highest BCUT2D eigenvalue weighted by Gasteiger charge is 2.36. The molecule has 0 radical (unpaired) electrons. The Hall–Kier alpha value is -1.69. The second-order valence-electron chi connectivity index (χ2n) is 9.95. The zero-order valence-electron chi connectivity index (χ0n) is 18.8. The minimum absolute atomic E-state index is 0.216. The van der Waals surface area contributed by atoms with E-state index in [4.69, 9.17) is 9.97 Å². The first-order valence-corrected chi connectivity index (χ1v) is 12.2. The first-order valence-electron chi connectivity index (χ1n) is 12.2. The van der Waals surface area contributed by atoms with E-state index in [0.29, 0.717) is 12.1 Å². The Labute approximate surface area is 181 Å². The summed E-state index contributed by atoms with van der Waals surface area (Å²) in [6, 6.07) is 0.884. The van der Waals surface area contributed by atoms with Crippen molar-refractivity contribution in [1.82, 2.24) is 19.8 Å². The fourth-order valence-corrected chi connectivity index (χ4v) is 5.83. The van der Waals surface area contributed by atoms with Gasteiger partial charge in [0, 0.05) is 50.4 Å². The molecule has 4 heterocycles. The minimum Gasteiger partial charge on any atom is -0.356 e. The largest absolute Gasteiger partial charge is 0.356 e. The SMILES string of the molecule is CC(=O)N1CCC(N2CCCCC2c2nc(C)c3c(n2)N(CC2CC2)CCC3)CC1. The Balaban J connectivity index is 1.39. The second-order valence-corrected chi connectivity index (χ2v) is 9.95. The second kappa shape index (κ2) is 8.45. The molecule has 6 heteroatoms. The molecular weight excluding hydrogens is 374 g/mol. The predicted octanol–water partition coefficient (Wildman–Crippen LogP) is 3.49. The van der Waals surface area contributed by atoms with Crippen LogP contribution in [0, 0.1) is 12.8 Å². The number of fused-ring (bicyclic) bond motifs is 1. The summed E-state index contributed by atoms with van der Waals surface area (Å²) in [6.45, 7) is 9.15. The van der Waals surface area contributed by atoms with Crippen molar-refractivity contribution in [2.75, 3.05) is 37.6 Å². The van der Waals surface area contributed by atoms with Gasteiger partial charge in [0.15, 0.2) is 0 Å². The highest BCUT2D eigenvalue weighted by Crippen LogP contribution is 2.38. The number of carbonyl (C=O) groups is 1. The Morgan fingerprint density at radius 3 is 2.50 bits per heavy atom. The van der Waals surface area contributed by atoms with E-state index in [1.54, 1.807) is 6.92 Å². The molecule has 1 amide bonds. The third-order valence-electron chi connectivity index (χ3n) is 7.76. The van der Waals surface area contributed by atoms with Gasteiger partial charge in [-0.1, -0.05) is 6.42 Å². The Bertz CT molecular complexity index is 784. The lowest BCUT2D eigenvalue weighted by molar-refractivity contribution is -0.130. The molecule has 1 aliphatic carbocycles. The lowest BCUT2D eigenvalue weighted by Crippen LogP contribution is -2.49. The number of carbonyl (C=O) groups excluding carboxylic acids is 1. The van der Waals surface area contributed by atoms with E-state index < -0.39 is 0 Å². The van der Waals surface area contributed by atoms with Crippen molar-refractivity contribution < 1.29 is 4.79 Å². The lowest BCUT2D eigenvalue weighted by atomic mass is 9.94. The van der Waals surface area contributed by atoms with E-state index in [-0.39, 0.29) is 5.91 Å². The molecule has 1 saturated carbocycles. The number of anilines is 1. The fraction of sp³-hybridized carbons (Fsp3) is 0.792. The summed E-state index contributed by atoms with van der Waals surface area (Å²) in [5.41, 5.74) is 2.59. The van der Waals surface area contributed by atoms with Crippen LogP contribution in [0.2, 0.25) is 0 Å². The monoisotopic (exact) mass is 411 g/mol. The van der Waals surface area contributed by atoms with Crippen molar-refractivity contribution in [3.05, 3.63) is 17.1 Å². The molecule has 0 aromatic carbocycles. The summed E-state index contributed by atoms with van der Waals surface area (Å²) in [5, 5.41) is 0. The van der Waals surface area contributed by atoms with Gasteiger partial charge < -0.3 is 9.80 Å². The topological polar surface area (TPSA) is 52.6 Å². The van der Waals surface area contributed by atoms with Gasteiger partial charge in [-0.3, -0.25) is 9.69 Å². The van der Waals surface area contributed by atoms with Crippen molar-refractivity contribution >= 4 is 11.7 Å². The van der Waals surface area contributed by atoms with Crippen molar-refractivity contribution in [3.63, 3.8) is 0 Å². The molecule has 6 nitrogen and oxygen atoms in total. The Morgan fingerprint density at radius 2 is 1.77 bits per heavy atom. The van der Waals surface area contributed by atoms with Crippen molar-refractivity contribution in [1.29, 1.82) is 0 Å². The van der Waals surface area contributed by atoms with Crippen LogP contribution in [0.25, 0.3) is 0 Å². The van der Waals surface area contributed by atoms with Gasteiger partial charge in [0.2, 0.25) is 5.91 Å². The number of rotatable bonds is 4. The van der Waals surface area contributed by atoms with Gasteiger partial charge >= 0.3 is 0 Å². The normalized spacial score (nSPS) is 26.0. The number of aryl methyl sites for hydroxylation is 1. The first-order chi connectivity index (χ1) is 14.6. The third-order valence-corrected chi connectivity index (χ3v) is 7.76. The summed E-state index contributed by atoms with van der Waals surface area (Å²) < 4.78 is 0. The van der Waals surface area contributed by atoms with Crippen LogP contribution in [-0.2, 0) is 11.2 Å². The van der Waals surface area contributed by atoms with Crippen LogP contribution in [0.1, 0.15) is 81.4 Å². The molecule has 1 aromatic rings. The zero-order chi connectivity index (χ0) is 20.7. The average molecular weight is 412 g/mol. The van der Waals surface area contributed by atoms with E-state index in [1.165, 1.54) is 55.7 Å². The minimum atomic E-state index is 0.216. The van der Waals surface area contributed by atoms with Crippen LogP contribution >= 0.6 is 0 Å². The smallest absolute Gasteiger partial charge is 0.219 e. The number of likely N-dealkylation sites (tertiary alicyclic amines) is 2. The van der Waals surface area contributed by atoms with Crippen LogP contribution in [0.3, 0.4) is 0 Å². The summed E-state index contributed by atoms with van der Waals surface area (Å²) in [7, 11) is 0. The van der Waals surface area contributed by atoms with Gasteiger partial charge in [-0.25, -0.2) is 9.97 Å². The molecule has 1 aromatic heterocycles. The standard InChI is InChI=1S/C24H37N5O/c1-17-21-6-5-12-28(16-19-8-9-19)24(21)26-23(25-17)22-7-3-4-13-29(22)20-10-14-27(15-11-20)18(2)30/h19-20,22H,3-16H2,1-2H3. The van der Waals surface area contributed by atoms with Crippen LogP contribution in [0.5, 0.6) is 0 Å². The van der Waals surface area contributed by atoms with Crippen LogP contribution in [0.15, 0.2) is 0 Å². The van der Waals surface area contributed by atoms with Gasteiger partial charge in [-0.15, -0.1) is 0 Å². The maximum atomic E-state index is 11.7. The van der Waals surface area contributed by atoms with Crippen LogP contribution in [0.4, 0.5) is 5.82 Å². The molecule has 30 heavy (non-hydrogen) atoms. The fourth-order valence-electron chi connectivity index (χ4n) is 5.83. The number of amides is 1. The molecule has 1 unspecified atom stereocenters. The number of hydrogen-bond acceptors (Lipinski definition) is 5. The van der Waals surface area contributed by atoms with E-state index in [2.05, 4.69) is 16.7 Å². The molecular formula is C24H37N5O. The molecule has 2 saturated heterocycles. The van der Waals surface area contributed by atoms with E-state index in [9.17, 15) is 4.79 Å². The Morgan fingerprint density at radius 1 is 0.967 bits per heavy atom. The molecule has 5 rings (SSSR count). The molecule has 4 aliphatic rings. The number of piperidine rings is 2. The van der Waals surface area contributed by atoms with Crippen molar-refractivity contribution in [3.8, 4) is 0 Å². The lowest BCUT2D eigenvalue weighted by Gasteiger charge is -2.44. The van der Waals surface area contributed by atoms with E-state index in [1.807, 2.05) is 4.90 Å². The first kappa shape index (κ1) is 20.2. The average Bonchev–Trinajstić information content (AvgIpc) is 3.58. The highest BCUT2D eigenvalue weighted by atomic mass is 16.2. The number of hydrogen-bond donors (Lipinski definition) is 0. The maximum Gasteiger partial charge on any atom is 0.219 e. The summed E-state index contributed by atoms with van der Waals surface area (Å²) >= 11 is 0. The highest BCUT2D eigenvalue weighted by molar-refractivity contribution is 5.73.